The van der Waals surface area contributed by atoms with E-state index in [2.05, 4.69) is 41.4 Å². The molecule has 0 spiro atoms. The van der Waals surface area contributed by atoms with Gasteiger partial charge in [0, 0.05) is 11.1 Å². The Kier molecular flexibility index (Phi) is 1.59. The Balaban J connectivity index is 2.00. The summed E-state index contributed by atoms with van der Waals surface area (Å²) in [5, 5.41) is 0. The molecular formula is C15H9NO. The summed E-state index contributed by atoms with van der Waals surface area (Å²) in [6.45, 7) is 0. The Labute approximate surface area is 98.6 Å². The van der Waals surface area contributed by atoms with Crippen LogP contribution in [0.25, 0.3) is 33.7 Å². The maximum absolute atomic E-state index is 5.39. The van der Waals surface area contributed by atoms with Crippen molar-refractivity contribution < 1.29 is 4.42 Å². The Morgan fingerprint density at radius 2 is 1.53 bits per heavy atom. The predicted octanol–water partition coefficient (Wildman–Crippen LogP) is 3.99. The van der Waals surface area contributed by atoms with E-state index in [-0.39, 0.29) is 0 Å². The van der Waals surface area contributed by atoms with Gasteiger partial charge in [0.1, 0.15) is 6.26 Å². The molecule has 0 amide bonds. The highest BCUT2D eigenvalue weighted by molar-refractivity contribution is 6.07. The highest BCUT2D eigenvalue weighted by Gasteiger charge is 2.25. The first-order valence-electron chi connectivity index (χ1n) is 5.58. The van der Waals surface area contributed by atoms with Gasteiger partial charge in [-0.1, -0.05) is 36.4 Å². The molecule has 0 saturated heterocycles. The first-order valence-corrected chi connectivity index (χ1v) is 5.58. The SMILES string of the molecule is c1ccc2c(c1)-c1cccc(-c3ncco3)c1-2. The van der Waals surface area contributed by atoms with Gasteiger partial charge in [0.2, 0.25) is 5.89 Å². The molecule has 0 bridgehead atoms. The van der Waals surface area contributed by atoms with Gasteiger partial charge in [0.25, 0.3) is 0 Å². The van der Waals surface area contributed by atoms with Crippen molar-refractivity contribution in [2.75, 3.05) is 0 Å². The third-order valence-corrected chi connectivity index (χ3v) is 3.21. The van der Waals surface area contributed by atoms with Gasteiger partial charge in [-0.3, -0.25) is 0 Å². The molecule has 17 heavy (non-hydrogen) atoms. The zero-order valence-electron chi connectivity index (χ0n) is 9.05. The second kappa shape index (κ2) is 3.08. The zero-order chi connectivity index (χ0) is 11.2. The largest absolute Gasteiger partial charge is 0.445 e. The lowest BCUT2D eigenvalue weighted by Gasteiger charge is -2.25. The van der Waals surface area contributed by atoms with E-state index in [1.807, 2.05) is 6.07 Å². The highest BCUT2D eigenvalue weighted by Crippen LogP contribution is 2.50. The molecule has 80 valence electrons. The fourth-order valence-corrected chi connectivity index (χ4v) is 2.48. The molecule has 1 aliphatic rings. The maximum Gasteiger partial charge on any atom is 0.226 e. The first-order chi connectivity index (χ1) is 8.45. The summed E-state index contributed by atoms with van der Waals surface area (Å²) >= 11 is 0. The molecule has 2 aromatic carbocycles. The van der Waals surface area contributed by atoms with E-state index in [0.29, 0.717) is 5.89 Å². The molecule has 1 aromatic heterocycles. The number of benzene rings is 2. The van der Waals surface area contributed by atoms with Crippen molar-refractivity contribution in [1.82, 2.24) is 4.98 Å². The number of rotatable bonds is 1. The summed E-state index contributed by atoms with van der Waals surface area (Å²) in [7, 11) is 0. The second-order valence-corrected chi connectivity index (χ2v) is 4.11. The van der Waals surface area contributed by atoms with Crippen molar-refractivity contribution in [1.29, 1.82) is 0 Å². The third kappa shape index (κ3) is 1.07. The Morgan fingerprint density at radius 1 is 0.765 bits per heavy atom. The molecule has 0 aliphatic heterocycles. The number of aromatic nitrogens is 1. The van der Waals surface area contributed by atoms with E-state index < -0.39 is 0 Å². The number of oxazole rings is 1. The molecule has 4 rings (SSSR count). The van der Waals surface area contributed by atoms with Crippen LogP contribution in [0.1, 0.15) is 0 Å². The van der Waals surface area contributed by atoms with Crippen LogP contribution < -0.4 is 0 Å². The first kappa shape index (κ1) is 8.76. The second-order valence-electron chi connectivity index (χ2n) is 4.11. The fourth-order valence-electron chi connectivity index (χ4n) is 2.48. The van der Waals surface area contributed by atoms with Crippen LogP contribution in [0.15, 0.2) is 59.3 Å². The molecule has 0 N–H and O–H groups in total. The van der Waals surface area contributed by atoms with Crippen LogP contribution in [-0.4, -0.2) is 4.98 Å². The van der Waals surface area contributed by atoms with Crippen LogP contribution in [0.4, 0.5) is 0 Å². The number of hydrogen-bond donors (Lipinski definition) is 0. The Morgan fingerprint density at radius 3 is 2.35 bits per heavy atom. The van der Waals surface area contributed by atoms with Gasteiger partial charge in [-0.25, -0.2) is 4.98 Å². The lowest BCUT2D eigenvalue weighted by molar-refractivity contribution is 0.575. The number of hydrogen-bond acceptors (Lipinski definition) is 2. The molecule has 0 atom stereocenters. The lowest BCUT2D eigenvalue weighted by Crippen LogP contribution is -2.00. The monoisotopic (exact) mass is 219 g/mol. The van der Waals surface area contributed by atoms with Gasteiger partial charge < -0.3 is 4.42 Å². The summed E-state index contributed by atoms with van der Waals surface area (Å²) in [4.78, 5) is 4.23. The van der Waals surface area contributed by atoms with E-state index in [0.717, 1.165) is 5.56 Å². The standard InChI is InChI=1S/C15H9NO/c1-2-5-11-10(4-1)12-6-3-7-13(14(11)12)15-16-8-9-17-15/h1-9H. The average Bonchev–Trinajstić information content (AvgIpc) is 2.89. The van der Waals surface area contributed by atoms with E-state index in [1.165, 1.54) is 22.3 Å². The summed E-state index contributed by atoms with van der Waals surface area (Å²) in [6.07, 6.45) is 3.29. The molecule has 0 saturated carbocycles. The molecule has 0 fully saturated rings. The molecule has 1 heterocycles. The van der Waals surface area contributed by atoms with E-state index in [4.69, 9.17) is 4.42 Å². The molecular weight excluding hydrogens is 210 g/mol. The van der Waals surface area contributed by atoms with Gasteiger partial charge in [0.15, 0.2) is 0 Å². The quantitative estimate of drug-likeness (QED) is 0.483. The van der Waals surface area contributed by atoms with Gasteiger partial charge in [-0.15, -0.1) is 0 Å². The average molecular weight is 219 g/mol. The smallest absolute Gasteiger partial charge is 0.226 e. The molecule has 0 radical (unpaired) electrons. The van der Waals surface area contributed by atoms with Gasteiger partial charge in [-0.05, 0) is 22.8 Å². The molecule has 2 nitrogen and oxygen atoms in total. The van der Waals surface area contributed by atoms with E-state index >= 15 is 0 Å². The van der Waals surface area contributed by atoms with E-state index in [9.17, 15) is 0 Å². The van der Waals surface area contributed by atoms with Gasteiger partial charge >= 0.3 is 0 Å². The van der Waals surface area contributed by atoms with Crippen molar-refractivity contribution in [3.05, 3.63) is 54.9 Å². The van der Waals surface area contributed by atoms with Crippen LogP contribution in [0.3, 0.4) is 0 Å². The van der Waals surface area contributed by atoms with Crippen LogP contribution in [0.5, 0.6) is 0 Å². The summed E-state index contributed by atoms with van der Waals surface area (Å²) < 4.78 is 5.39. The van der Waals surface area contributed by atoms with E-state index in [1.54, 1.807) is 12.5 Å². The topological polar surface area (TPSA) is 26.0 Å². The van der Waals surface area contributed by atoms with Crippen molar-refractivity contribution in [2.24, 2.45) is 0 Å². The molecule has 2 heteroatoms. The minimum atomic E-state index is 0.691. The predicted molar refractivity (Wildman–Crippen MR) is 66.4 cm³/mol. The van der Waals surface area contributed by atoms with Gasteiger partial charge in [-0.2, -0.15) is 0 Å². The Bertz CT molecular complexity index is 699. The third-order valence-electron chi connectivity index (χ3n) is 3.21. The van der Waals surface area contributed by atoms with Crippen LogP contribution >= 0.6 is 0 Å². The number of fused-ring (bicyclic) bond motifs is 4. The van der Waals surface area contributed by atoms with Crippen LogP contribution in [-0.2, 0) is 0 Å². The lowest BCUT2D eigenvalue weighted by atomic mass is 9.78. The summed E-state index contributed by atoms with van der Waals surface area (Å²) in [6, 6.07) is 14.7. The normalized spacial score (nSPS) is 11.5. The van der Waals surface area contributed by atoms with Crippen molar-refractivity contribution in [3.8, 4) is 33.7 Å². The van der Waals surface area contributed by atoms with Crippen molar-refractivity contribution in [2.45, 2.75) is 0 Å². The summed E-state index contributed by atoms with van der Waals surface area (Å²) in [5.74, 6) is 0.691. The van der Waals surface area contributed by atoms with Crippen molar-refractivity contribution >= 4 is 0 Å². The maximum atomic E-state index is 5.39. The summed E-state index contributed by atoms with van der Waals surface area (Å²) in [5.41, 5.74) is 6.22. The van der Waals surface area contributed by atoms with Crippen LogP contribution in [0.2, 0.25) is 0 Å². The van der Waals surface area contributed by atoms with Crippen molar-refractivity contribution in [3.63, 3.8) is 0 Å². The zero-order valence-corrected chi connectivity index (χ0v) is 9.05. The number of nitrogens with zero attached hydrogens (tertiary/aromatic N) is 1. The molecule has 1 aliphatic carbocycles. The molecule has 0 unspecified atom stereocenters. The highest BCUT2D eigenvalue weighted by atomic mass is 16.3. The van der Waals surface area contributed by atoms with Gasteiger partial charge in [0.05, 0.1) is 6.20 Å². The van der Waals surface area contributed by atoms with Crippen LogP contribution in [0, 0.1) is 0 Å². The minimum absolute atomic E-state index is 0.691. The Hall–Kier alpha value is -2.35. The fraction of sp³-hybridized carbons (Fsp3) is 0. The molecule has 3 aromatic rings. The minimum Gasteiger partial charge on any atom is -0.445 e.